The Morgan fingerprint density at radius 3 is 2.05 bits per heavy atom. The van der Waals surface area contributed by atoms with Gasteiger partial charge in [-0.2, -0.15) is 0 Å². The molecule has 4 N–H and O–H groups in total. The fourth-order valence-corrected chi connectivity index (χ4v) is 1.20. The number of carboxylic acids is 2. The van der Waals surface area contributed by atoms with Gasteiger partial charge >= 0.3 is 11.9 Å². The van der Waals surface area contributed by atoms with Gasteiger partial charge in [0.25, 0.3) is 0 Å². The van der Waals surface area contributed by atoms with Gasteiger partial charge in [-0.05, 0) is 0 Å². The van der Waals surface area contributed by atoms with Crippen molar-refractivity contribution in [2.45, 2.75) is 39.7 Å². The Morgan fingerprint density at radius 1 is 1.10 bits per heavy atom. The molecule has 20 heavy (non-hydrogen) atoms. The molecule has 0 aliphatic rings. The van der Waals surface area contributed by atoms with Crippen molar-refractivity contribution in [3.63, 3.8) is 0 Å². The predicted molar refractivity (Wildman–Crippen MR) is 68.9 cm³/mol. The molecule has 2 amide bonds. The van der Waals surface area contributed by atoms with Crippen LogP contribution >= 0.6 is 0 Å². The van der Waals surface area contributed by atoms with E-state index in [1.54, 1.807) is 20.8 Å². The lowest BCUT2D eigenvalue weighted by Gasteiger charge is -2.18. The summed E-state index contributed by atoms with van der Waals surface area (Å²) in [6.07, 6.45) is -0.819. The Bertz CT molecular complexity index is 399. The van der Waals surface area contributed by atoms with Gasteiger partial charge in [0.1, 0.15) is 6.04 Å². The molecule has 8 nitrogen and oxygen atoms in total. The Morgan fingerprint density at radius 2 is 1.65 bits per heavy atom. The zero-order valence-corrected chi connectivity index (χ0v) is 11.7. The lowest BCUT2D eigenvalue weighted by atomic mass is 9.96. The van der Waals surface area contributed by atoms with Crippen LogP contribution in [0, 0.1) is 5.41 Å². The standard InChI is InChI=1S/C12H20N2O6/c1-12(2,3)11(20)13-5-4-8(15)14-7(10(18)19)6-9(16)17/h7H,4-6H2,1-3H3,(H,13,20)(H,14,15)(H,16,17)(H,18,19)/t7-/m0/s1. The third-order valence-electron chi connectivity index (χ3n) is 2.33. The van der Waals surface area contributed by atoms with E-state index in [2.05, 4.69) is 10.6 Å². The minimum Gasteiger partial charge on any atom is -0.481 e. The second kappa shape index (κ2) is 7.46. The third kappa shape index (κ3) is 7.34. The molecule has 0 fully saturated rings. The molecule has 0 unspecified atom stereocenters. The quantitative estimate of drug-likeness (QED) is 0.503. The summed E-state index contributed by atoms with van der Waals surface area (Å²) in [5.41, 5.74) is -0.580. The Hall–Kier alpha value is -2.12. The topological polar surface area (TPSA) is 133 Å². The number of hydrogen-bond donors (Lipinski definition) is 4. The highest BCUT2D eigenvalue weighted by atomic mass is 16.4. The SMILES string of the molecule is CC(C)(C)C(=O)NCCC(=O)N[C@@H](CC(=O)O)C(=O)O. The van der Waals surface area contributed by atoms with E-state index in [0.717, 1.165) is 0 Å². The molecule has 0 aliphatic heterocycles. The molecule has 0 spiro atoms. The zero-order valence-electron chi connectivity index (χ0n) is 11.7. The van der Waals surface area contributed by atoms with Gasteiger partial charge in [0, 0.05) is 18.4 Å². The van der Waals surface area contributed by atoms with Crippen molar-refractivity contribution in [3.8, 4) is 0 Å². The fraction of sp³-hybridized carbons (Fsp3) is 0.667. The van der Waals surface area contributed by atoms with Gasteiger partial charge in [-0.1, -0.05) is 20.8 Å². The molecule has 0 rings (SSSR count). The van der Waals surface area contributed by atoms with Gasteiger partial charge in [-0.15, -0.1) is 0 Å². The largest absolute Gasteiger partial charge is 0.481 e. The van der Waals surface area contributed by atoms with E-state index in [-0.39, 0.29) is 18.9 Å². The molecule has 0 radical (unpaired) electrons. The van der Waals surface area contributed by atoms with Crippen molar-refractivity contribution in [2.75, 3.05) is 6.54 Å². The number of carbonyl (C=O) groups excluding carboxylic acids is 2. The summed E-state index contributed by atoms with van der Waals surface area (Å²) >= 11 is 0. The molecular formula is C12H20N2O6. The highest BCUT2D eigenvalue weighted by Gasteiger charge is 2.23. The second-order valence-corrected chi connectivity index (χ2v) is 5.31. The summed E-state index contributed by atoms with van der Waals surface area (Å²) in [7, 11) is 0. The monoisotopic (exact) mass is 288 g/mol. The van der Waals surface area contributed by atoms with Gasteiger partial charge in [0.15, 0.2) is 0 Å². The lowest BCUT2D eigenvalue weighted by molar-refractivity contribution is -0.147. The number of aliphatic carboxylic acids is 2. The Kier molecular flexibility index (Phi) is 6.67. The summed E-state index contributed by atoms with van der Waals surface area (Å²) in [4.78, 5) is 44.1. The van der Waals surface area contributed by atoms with E-state index in [1.165, 1.54) is 0 Å². The maximum atomic E-state index is 11.5. The first-order valence-electron chi connectivity index (χ1n) is 6.06. The first kappa shape index (κ1) is 17.9. The van der Waals surface area contributed by atoms with Crippen LogP contribution in [-0.2, 0) is 19.2 Å². The van der Waals surface area contributed by atoms with Crippen molar-refractivity contribution in [3.05, 3.63) is 0 Å². The van der Waals surface area contributed by atoms with E-state index in [9.17, 15) is 19.2 Å². The van der Waals surface area contributed by atoms with E-state index in [1.807, 2.05) is 0 Å². The number of nitrogens with one attached hydrogen (secondary N) is 2. The first-order chi connectivity index (χ1) is 9.04. The predicted octanol–water partition coefficient (Wildman–Crippen LogP) is -0.417. The van der Waals surface area contributed by atoms with Crippen LogP contribution in [0.4, 0.5) is 0 Å². The summed E-state index contributed by atoms with van der Waals surface area (Å²) < 4.78 is 0. The maximum absolute atomic E-state index is 11.5. The Balaban J connectivity index is 4.19. The van der Waals surface area contributed by atoms with Crippen LogP contribution in [0.5, 0.6) is 0 Å². The van der Waals surface area contributed by atoms with Gasteiger partial charge in [-0.25, -0.2) is 4.79 Å². The van der Waals surface area contributed by atoms with Crippen LogP contribution in [0.1, 0.15) is 33.6 Å². The zero-order chi connectivity index (χ0) is 15.9. The van der Waals surface area contributed by atoms with Crippen LogP contribution in [0.25, 0.3) is 0 Å². The highest BCUT2D eigenvalue weighted by molar-refractivity contribution is 5.87. The first-order valence-corrected chi connectivity index (χ1v) is 6.06. The molecule has 0 aromatic carbocycles. The molecular weight excluding hydrogens is 268 g/mol. The number of amides is 2. The molecule has 0 aromatic rings. The second-order valence-electron chi connectivity index (χ2n) is 5.31. The van der Waals surface area contributed by atoms with Crippen molar-refractivity contribution in [2.24, 2.45) is 5.41 Å². The van der Waals surface area contributed by atoms with Crippen molar-refractivity contribution in [1.29, 1.82) is 0 Å². The van der Waals surface area contributed by atoms with Crippen LogP contribution in [0.15, 0.2) is 0 Å². The van der Waals surface area contributed by atoms with E-state index in [4.69, 9.17) is 10.2 Å². The molecule has 1 atom stereocenters. The molecule has 0 bridgehead atoms. The third-order valence-corrected chi connectivity index (χ3v) is 2.33. The summed E-state index contributed by atoms with van der Waals surface area (Å²) in [6, 6.07) is -1.47. The van der Waals surface area contributed by atoms with Gasteiger partial charge in [0.05, 0.1) is 6.42 Å². The van der Waals surface area contributed by atoms with Crippen LogP contribution in [-0.4, -0.2) is 46.6 Å². The molecule has 0 aromatic heterocycles. The van der Waals surface area contributed by atoms with Gasteiger partial charge < -0.3 is 20.8 Å². The van der Waals surface area contributed by atoms with Crippen molar-refractivity contribution in [1.82, 2.24) is 10.6 Å². The molecule has 0 heterocycles. The van der Waals surface area contributed by atoms with Crippen LogP contribution in [0.2, 0.25) is 0 Å². The van der Waals surface area contributed by atoms with Gasteiger partial charge in [-0.3, -0.25) is 14.4 Å². The molecule has 0 saturated carbocycles. The fourth-order valence-electron chi connectivity index (χ4n) is 1.20. The summed E-state index contributed by atoms with van der Waals surface area (Å²) in [5, 5.41) is 21.9. The molecule has 114 valence electrons. The normalized spacial score (nSPS) is 12.3. The average Bonchev–Trinajstić information content (AvgIpc) is 2.25. The number of rotatable bonds is 7. The van der Waals surface area contributed by atoms with Crippen molar-refractivity contribution < 1.29 is 29.4 Å². The molecule has 0 saturated heterocycles. The molecule has 8 heteroatoms. The summed E-state index contributed by atoms with van der Waals surface area (Å²) in [6.45, 7) is 5.21. The summed E-state index contributed by atoms with van der Waals surface area (Å²) in [5.74, 6) is -3.60. The smallest absolute Gasteiger partial charge is 0.326 e. The van der Waals surface area contributed by atoms with Crippen LogP contribution < -0.4 is 10.6 Å². The van der Waals surface area contributed by atoms with E-state index < -0.39 is 35.7 Å². The number of hydrogen-bond acceptors (Lipinski definition) is 4. The van der Waals surface area contributed by atoms with Crippen LogP contribution in [0.3, 0.4) is 0 Å². The van der Waals surface area contributed by atoms with Gasteiger partial charge in [0.2, 0.25) is 11.8 Å². The van der Waals surface area contributed by atoms with E-state index >= 15 is 0 Å². The lowest BCUT2D eigenvalue weighted by Crippen LogP contribution is -2.43. The minimum atomic E-state index is -1.47. The average molecular weight is 288 g/mol. The van der Waals surface area contributed by atoms with Crippen molar-refractivity contribution >= 4 is 23.8 Å². The molecule has 0 aliphatic carbocycles. The van der Waals surface area contributed by atoms with E-state index in [0.29, 0.717) is 0 Å². The number of carbonyl (C=O) groups is 4. The maximum Gasteiger partial charge on any atom is 0.326 e. The Labute approximate surface area is 116 Å². The highest BCUT2D eigenvalue weighted by Crippen LogP contribution is 2.12. The minimum absolute atomic E-state index is 0.0569. The number of carboxylic acid groups (broad SMARTS) is 2.